The molecule has 0 amide bonds. The van der Waals surface area contributed by atoms with E-state index >= 15 is 0 Å². The van der Waals surface area contributed by atoms with E-state index in [1.165, 1.54) is 12.1 Å². The predicted octanol–water partition coefficient (Wildman–Crippen LogP) is 4.61. The summed E-state index contributed by atoms with van der Waals surface area (Å²) >= 11 is 5.55. The molecule has 2 aromatic rings. The van der Waals surface area contributed by atoms with Gasteiger partial charge in [0.15, 0.2) is 5.78 Å². The number of carbonyl (C=O) groups is 1. The molecule has 0 aliphatic rings. The number of halogens is 2. The number of hydrogen-bond donors (Lipinski definition) is 0. The monoisotopic (exact) mass is 276 g/mol. The smallest absolute Gasteiger partial charge is 0.164 e. The number of rotatable bonds is 4. The molecule has 0 spiro atoms. The lowest BCUT2D eigenvalue weighted by molar-refractivity contribution is 0.0989. The summed E-state index contributed by atoms with van der Waals surface area (Å²) in [7, 11) is 0. The highest BCUT2D eigenvalue weighted by atomic mass is 35.5. The Kier molecular flexibility index (Phi) is 4.33. The van der Waals surface area contributed by atoms with Crippen LogP contribution in [0, 0.1) is 12.7 Å². The summed E-state index contributed by atoms with van der Waals surface area (Å²) < 4.78 is 13.1. The Morgan fingerprint density at radius 1 is 1.16 bits per heavy atom. The Bertz CT molecular complexity index is 590. The second-order valence-corrected chi connectivity index (χ2v) is 4.78. The third kappa shape index (κ3) is 3.21. The fraction of sp³-hybridized carbons (Fsp3) is 0.188. The Labute approximate surface area is 117 Å². The number of Topliss-reactive ketones (excluding diaryl/α,β-unsaturated/α-hetero) is 1. The van der Waals surface area contributed by atoms with Gasteiger partial charge in [-0.2, -0.15) is 0 Å². The van der Waals surface area contributed by atoms with Crippen LogP contribution in [0.15, 0.2) is 42.5 Å². The van der Waals surface area contributed by atoms with E-state index in [0.29, 0.717) is 17.9 Å². The number of alkyl halides is 1. The maximum atomic E-state index is 13.1. The van der Waals surface area contributed by atoms with Crippen LogP contribution < -0.4 is 0 Å². The molecule has 0 aromatic heterocycles. The van der Waals surface area contributed by atoms with E-state index in [1.54, 1.807) is 18.2 Å². The molecule has 0 N–H and O–H groups in total. The van der Waals surface area contributed by atoms with Gasteiger partial charge in [0.25, 0.3) is 0 Å². The zero-order valence-electron chi connectivity index (χ0n) is 10.6. The van der Waals surface area contributed by atoms with E-state index in [0.717, 1.165) is 16.7 Å². The molecule has 0 saturated carbocycles. The first-order valence-electron chi connectivity index (χ1n) is 6.07. The minimum Gasteiger partial charge on any atom is -0.294 e. The van der Waals surface area contributed by atoms with Crippen LogP contribution in [0.4, 0.5) is 4.39 Å². The lowest BCUT2D eigenvalue weighted by atomic mass is 9.98. The van der Waals surface area contributed by atoms with E-state index in [2.05, 4.69) is 0 Å². The minimum atomic E-state index is -0.241. The summed E-state index contributed by atoms with van der Waals surface area (Å²) in [5.41, 5.74) is 3.47. The number of hydrogen-bond acceptors (Lipinski definition) is 1. The van der Waals surface area contributed by atoms with Crippen molar-refractivity contribution in [2.45, 2.75) is 13.3 Å². The van der Waals surface area contributed by atoms with Crippen LogP contribution in [0.25, 0.3) is 11.1 Å². The summed E-state index contributed by atoms with van der Waals surface area (Å²) in [6.45, 7) is 1.87. The largest absolute Gasteiger partial charge is 0.294 e. The van der Waals surface area contributed by atoms with Crippen molar-refractivity contribution >= 4 is 17.4 Å². The van der Waals surface area contributed by atoms with Gasteiger partial charge in [-0.05, 0) is 35.7 Å². The molecule has 0 bridgehead atoms. The van der Waals surface area contributed by atoms with Gasteiger partial charge < -0.3 is 0 Å². The normalized spacial score (nSPS) is 10.5. The summed E-state index contributed by atoms with van der Waals surface area (Å²) in [6, 6.07) is 12.0. The molecule has 98 valence electrons. The Balaban J connectivity index is 2.30. The molecular formula is C16H14ClFO. The summed E-state index contributed by atoms with van der Waals surface area (Å²) in [5, 5.41) is 0. The average molecular weight is 277 g/mol. The van der Waals surface area contributed by atoms with Crippen LogP contribution in [0.1, 0.15) is 22.3 Å². The van der Waals surface area contributed by atoms with Crippen LogP contribution >= 0.6 is 11.6 Å². The van der Waals surface area contributed by atoms with E-state index in [4.69, 9.17) is 11.6 Å². The quantitative estimate of drug-likeness (QED) is 0.588. The van der Waals surface area contributed by atoms with Crippen LogP contribution in [0.2, 0.25) is 0 Å². The molecule has 2 aromatic carbocycles. The molecule has 0 heterocycles. The van der Waals surface area contributed by atoms with Gasteiger partial charge in [-0.25, -0.2) is 4.39 Å². The van der Waals surface area contributed by atoms with Gasteiger partial charge in [0, 0.05) is 17.9 Å². The fourth-order valence-electron chi connectivity index (χ4n) is 2.02. The molecule has 0 atom stereocenters. The maximum absolute atomic E-state index is 13.1. The van der Waals surface area contributed by atoms with Gasteiger partial charge >= 0.3 is 0 Å². The fourth-order valence-corrected chi connectivity index (χ4v) is 2.19. The van der Waals surface area contributed by atoms with Crippen molar-refractivity contribution in [2.24, 2.45) is 0 Å². The first-order chi connectivity index (χ1) is 9.11. The molecule has 19 heavy (non-hydrogen) atoms. The van der Waals surface area contributed by atoms with Gasteiger partial charge in [-0.3, -0.25) is 4.79 Å². The zero-order chi connectivity index (χ0) is 13.8. The highest BCUT2D eigenvalue weighted by Crippen LogP contribution is 2.24. The molecule has 0 aliphatic heterocycles. The molecular weight excluding hydrogens is 263 g/mol. The van der Waals surface area contributed by atoms with Gasteiger partial charge in [-0.15, -0.1) is 11.6 Å². The topological polar surface area (TPSA) is 17.1 Å². The van der Waals surface area contributed by atoms with Gasteiger partial charge in [0.1, 0.15) is 5.82 Å². The lowest BCUT2D eigenvalue weighted by Crippen LogP contribution is -1.99. The Hall–Kier alpha value is -1.67. The molecule has 0 fully saturated rings. The van der Waals surface area contributed by atoms with Crippen molar-refractivity contribution < 1.29 is 9.18 Å². The van der Waals surface area contributed by atoms with Crippen LogP contribution in [-0.2, 0) is 0 Å². The first-order valence-corrected chi connectivity index (χ1v) is 6.61. The van der Waals surface area contributed by atoms with Gasteiger partial charge in [0.05, 0.1) is 0 Å². The number of carbonyl (C=O) groups excluding carboxylic acids is 1. The minimum absolute atomic E-state index is 0.0392. The van der Waals surface area contributed by atoms with Gasteiger partial charge in [-0.1, -0.05) is 30.3 Å². The lowest BCUT2D eigenvalue weighted by Gasteiger charge is -2.07. The summed E-state index contributed by atoms with van der Waals surface area (Å²) in [5.74, 6) is 0.130. The van der Waals surface area contributed by atoms with Crippen molar-refractivity contribution in [1.29, 1.82) is 0 Å². The Morgan fingerprint density at radius 2 is 1.84 bits per heavy atom. The third-order valence-corrected chi connectivity index (χ3v) is 3.22. The van der Waals surface area contributed by atoms with E-state index in [-0.39, 0.29) is 11.6 Å². The number of aryl methyl sites for hydroxylation is 1. The molecule has 0 aliphatic carbocycles. The maximum Gasteiger partial charge on any atom is 0.164 e. The Morgan fingerprint density at radius 3 is 2.42 bits per heavy atom. The average Bonchev–Trinajstić information content (AvgIpc) is 2.39. The summed E-state index contributed by atoms with van der Waals surface area (Å²) in [4.78, 5) is 11.7. The second kappa shape index (κ2) is 5.98. The number of benzene rings is 2. The summed E-state index contributed by atoms with van der Waals surface area (Å²) in [6.07, 6.45) is 0.344. The van der Waals surface area contributed by atoms with Crippen LogP contribution in [-0.4, -0.2) is 11.7 Å². The molecule has 2 rings (SSSR count). The number of ketones is 1. The zero-order valence-corrected chi connectivity index (χ0v) is 11.4. The van der Waals surface area contributed by atoms with Crippen molar-refractivity contribution in [3.05, 3.63) is 59.4 Å². The predicted molar refractivity (Wildman–Crippen MR) is 76.2 cm³/mol. The van der Waals surface area contributed by atoms with E-state index in [9.17, 15) is 9.18 Å². The van der Waals surface area contributed by atoms with Crippen LogP contribution in [0.3, 0.4) is 0 Å². The van der Waals surface area contributed by atoms with E-state index < -0.39 is 0 Å². The molecule has 1 nitrogen and oxygen atoms in total. The third-order valence-electron chi connectivity index (χ3n) is 3.03. The molecule has 0 saturated heterocycles. The van der Waals surface area contributed by atoms with Gasteiger partial charge in [0.2, 0.25) is 0 Å². The van der Waals surface area contributed by atoms with Crippen molar-refractivity contribution in [2.75, 3.05) is 5.88 Å². The molecule has 3 heteroatoms. The van der Waals surface area contributed by atoms with Crippen molar-refractivity contribution in [3.8, 4) is 11.1 Å². The van der Waals surface area contributed by atoms with Crippen molar-refractivity contribution in [1.82, 2.24) is 0 Å². The van der Waals surface area contributed by atoms with Crippen LogP contribution in [0.5, 0.6) is 0 Å². The highest BCUT2D eigenvalue weighted by molar-refractivity contribution is 6.19. The van der Waals surface area contributed by atoms with E-state index in [1.807, 2.05) is 19.1 Å². The molecule has 0 radical (unpaired) electrons. The highest BCUT2D eigenvalue weighted by Gasteiger charge is 2.07. The standard InChI is InChI=1S/C16H14ClFO/c1-11-10-14(18)6-7-15(11)12-2-4-13(5-3-12)16(19)8-9-17/h2-7,10H,8-9H2,1H3. The SMILES string of the molecule is Cc1cc(F)ccc1-c1ccc(C(=O)CCCl)cc1. The first kappa shape index (κ1) is 13.8. The second-order valence-electron chi connectivity index (χ2n) is 4.40. The molecule has 0 unspecified atom stereocenters. The van der Waals surface area contributed by atoms with Crippen molar-refractivity contribution in [3.63, 3.8) is 0 Å².